The van der Waals surface area contributed by atoms with Crippen molar-refractivity contribution in [3.05, 3.63) is 36.3 Å². The summed E-state index contributed by atoms with van der Waals surface area (Å²) in [7, 11) is 0. The van der Waals surface area contributed by atoms with Crippen molar-refractivity contribution in [1.82, 2.24) is 15.2 Å². The Morgan fingerprint density at radius 1 is 1.22 bits per heavy atom. The van der Waals surface area contributed by atoms with E-state index in [2.05, 4.69) is 32.7 Å². The van der Waals surface area contributed by atoms with Gasteiger partial charge in [-0.15, -0.1) is 5.10 Å². The first-order chi connectivity index (χ1) is 8.78. The Morgan fingerprint density at radius 2 is 2.00 bits per heavy atom. The molecule has 0 bridgehead atoms. The molecule has 2 aromatic rings. The lowest BCUT2D eigenvalue weighted by Crippen LogP contribution is -2.06. The minimum atomic E-state index is -0.280. The molecule has 6 heteroatoms. The lowest BCUT2D eigenvalue weighted by Gasteiger charge is -2.06. The van der Waals surface area contributed by atoms with Crippen LogP contribution >= 0.6 is 0 Å². The molecule has 0 unspecified atom stereocenters. The van der Waals surface area contributed by atoms with Crippen LogP contribution in [0.25, 0.3) is 0 Å². The van der Waals surface area contributed by atoms with Gasteiger partial charge < -0.3 is 10.6 Å². The highest BCUT2D eigenvalue weighted by molar-refractivity contribution is 5.53. The Hall–Kier alpha value is -2.24. The molecule has 0 saturated carbocycles. The SMILES string of the molecule is CCCNc1cnnc(Nc2ccc(F)cc2)n1. The van der Waals surface area contributed by atoms with E-state index in [1.54, 1.807) is 18.3 Å². The highest BCUT2D eigenvalue weighted by atomic mass is 19.1. The number of nitrogens with zero attached hydrogens (tertiary/aromatic N) is 3. The summed E-state index contributed by atoms with van der Waals surface area (Å²) in [5.74, 6) is 0.761. The van der Waals surface area contributed by atoms with Gasteiger partial charge in [0, 0.05) is 12.2 Å². The van der Waals surface area contributed by atoms with Gasteiger partial charge >= 0.3 is 0 Å². The quantitative estimate of drug-likeness (QED) is 0.850. The first-order valence-corrected chi connectivity index (χ1v) is 5.74. The van der Waals surface area contributed by atoms with E-state index in [4.69, 9.17) is 0 Å². The van der Waals surface area contributed by atoms with Gasteiger partial charge in [-0.05, 0) is 30.7 Å². The van der Waals surface area contributed by atoms with Gasteiger partial charge in [-0.2, -0.15) is 10.1 Å². The van der Waals surface area contributed by atoms with E-state index in [0.717, 1.165) is 13.0 Å². The molecule has 94 valence electrons. The monoisotopic (exact) mass is 247 g/mol. The topological polar surface area (TPSA) is 62.7 Å². The van der Waals surface area contributed by atoms with Crippen LogP contribution in [-0.4, -0.2) is 21.7 Å². The molecule has 0 amide bonds. The lowest BCUT2D eigenvalue weighted by molar-refractivity contribution is 0.628. The van der Waals surface area contributed by atoms with Gasteiger partial charge in [0.2, 0.25) is 5.95 Å². The van der Waals surface area contributed by atoms with Gasteiger partial charge in [-0.3, -0.25) is 0 Å². The molecule has 2 N–H and O–H groups in total. The number of hydrogen-bond acceptors (Lipinski definition) is 5. The Kier molecular flexibility index (Phi) is 4.01. The fourth-order valence-electron chi connectivity index (χ4n) is 1.36. The van der Waals surface area contributed by atoms with Crippen LogP contribution in [0.3, 0.4) is 0 Å². The Morgan fingerprint density at radius 3 is 2.72 bits per heavy atom. The summed E-state index contributed by atoms with van der Waals surface area (Å²) >= 11 is 0. The lowest BCUT2D eigenvalue weighted by atomic mass is 10.3. The van der Waals surface area contributed by atoms with E-state index in [1.165, 1.54) is 12.1 Å². The van der Waals surface area contributed by atoms with Crippen LogP contribution in [0, 0.1) is 5.82 Å². The van der Waals surface area contributed by atoms with Crippen molar-refractivity contribution in [3.63, 3.8) is 0 Å². The fraction of sp³-hybridized carbons (Fsp3) is 0.250. The zero-order valence-electron chi connectivity index (χ0n) is 10.0. The number of aromatic nitrogens is 3. The van der Waals surface area contributed by atoms with Crippen LogP contribution in [0.1, 0.15) is 13.3 Å². The van der Waals surface area contributed by atoms with Crippen LogP contribution in [0.15, 0.2) is 30.5 Å². The summed E-state index contributed by atoms with van der Waals surface area (Å²) in [6, 6.07) is 5.97. The summed E-state index contributed by atoms with van der Waals surface area (Å²) in [6.07, 6.45) is 2.57. The second-order valence-electron chi connectivity index (χ2n) is 3.72. The van der Waals surface area contributed by atoms with Gasteiger partial charge in [0.05, 0.1) is 6.20 Å². The summed E-state index contributed by atoms with van der Waals surface area (Å²) in [6.45, 7) is 2.90. The minimum absolute atomic E-state index is 0.280. The smallest absolute Gasteiger partial charge is 0.249 e. The molecule has 18 heavy (non-hydrogen) atoms. The fourth-order valence-corrected chi connectivity index (χ4v) is 1.36. The first kappa shape index (κ1) is 12.2. The maximum atomic E-state index is 12.7. The number of benzene rings is 1. The highest BCUT2D eigenvalue weighted by Crippen LogP contribution is 2.13. The molecule has 0 aliphatic rings. The highest BCUT2D eigenvalue weighted by Gasteiger charge is 2.00. The van der Waals surface area contributed by atoms with Crippen LogP contribution < -0.4 is 10.6 Å². The van der Waals surface area contributed by atoms with E-state index in [9.17, 15) is 4.39 Å². The van der Waals surface area contributed by atoms with Crippen molar-refractivity contribution in [2.45, 2.75) is 13.3 Å². The van der Waals surface area contributed by atoms with E-state index in [-0.39, 0.29) is 5.82 Å². The van der Waals surface area contributed by atoms with Crippen molar-refractivity contribution >= 4 is 17.5 Å². The van der Waals surface area contributed by atoms with Crippen molar-refractivity contribution in [1.29, 1.82) is 0 Å². The third kappa shape index (κ3) is 3.38. The molecular formula is C12H14FN5. The zero-order valence-corrected chi connectivity index (χ0v) is 10.0. The molecule has 0 aliphatic heterocycles. The Labute approximate surface area is 104 Å². The molecule has 0 radical (unpaired) electrons. The zero-order chi connectivity index (χ0) is 12.8. The Bertz CT molecular complexity index is 500. The predicted molar refractivity (Wildman–Crippen MR) is 68.3 cm³/mol. The Balaban J connectivity index is 2.06. The number of nitrogens with one attached hydrogen (secondary N) is 2. The molecule has 0 spiro atoms. The van der Waals surface area contributed by atoms with Crippen LogP contribution in [0.5, 0.6) is 0 Å². The maximum absolute atomic E-state index is 12.7. The number of rotatable bonds is 5. The average molecular weight is 247 g/mol. The molecular weight excluding hydrogens is 233 g/mol. The van der Waals surface area contributed by atoms with Crippen molar-refractivity contribution in [2.24, 2.45) is 0 Å². The van der Waals surface area contributed by atoms with Crippen LogP contribution in [0.4, 0.5) is 21.8 Å². The molecule has 1 heterocycles. The molecule has 0 fully saturated rings. The van der Waals surface area contributed by atoms with Gasteiger partial charge in [0.15, 0.2) is 5.82 Å². The van der Waals surface area contributed by atoms with Crippen molar-refractivity contribution in [3.8, 4) is 0 Å². The van der Waals surface area contributed by atoms with Gasteiger partial charge in [0.25, 0.3) is 0 Å². The molecule has 0 aliphatic carbocycles. The second kappa shape index (κ2) is 5.90. The van der Waals surface area contributed by atoms with E-state index in [0.29, 0.717) is 17.5 Å². The molecule has 1 aromatic heterocycles. The van der Waals surface area contributed by atoms with Gasteiger partial charge in [-0.25, -0.2) is 4.39 Å². The molecule has 5 nitrogen and oxygen atoms in total. The van der Waals surface area contributed by atoms with E-state index in [1.807, 2.05) is 0 Å². The summed E-state index contributed by atoms with van der Waals surface area (Å²) in [5, 5.41) is 13.8. The second-order valence-corrected chi connectivity index (χ2v) is 3.72. The maximum Gasteiger partial charge on any atom is 0.249 e. The van der Waals surface area contributed by atoms with Crippen LogP contribution in [0.2, 0.25) is 0 Å². The summed E-state index contributed by atoms with van der Waals surface area (Å²) < 4.78 is 12.7. The third-order valence-corrected chi connectivity index (χ3v) is 2.22. The number of halogens is 1. The van der Waals surface area contributed by atoms with E-state index >= 15 is 0 Å². The summed E-state index contributed by atoms with van der Waals surface area (Å²) in [4.78, 5) is 4.24. The van der Waals surface area contributed by atoms with E-state index < -0.39 is 0 Å². The largest absolute Gasteiger partial charge is 0.369 e. The minimum Gasteiger partial charge on any atom is -0.369 e. The first-order valence-electron chi connectivity index (χ1n) is 5.74. The third-order valence-electron chi connectivity index (χ3n) is 2.22. The average Bonchev–Trinajstić information content (AvgIpc) is 2.40. The van der Waals surface area contributed by atoms with Gasteiger partial charge in [-0.1, -0.05) is 6.92 Å². The predicted octanol–water partition coefficient (Wildman–Crippen LogP) is 2.58. The normalized spacial score (nSPS) is 10.1. The molecule has 1 aromatic carbocycles. The molecule has 0 saturated heterocycles. The standard InChI is InChI=1S/C12H14FN5/c1-2-7-14-11-8-15-18-12(17-11)16-10-5-3-9(13)4-6-10/h3-6,8H,2,7H2,1H3,(H2,14,16,17,18). The molecule has 0 atom stereocenters. The van der Waals surface area contributed by atoms with Crippen molar-refractivity contribution in [2.75, 3.05) is 17.2 Å². The van der Waals surface area contributed by atoms with Crippen LogP contribution in [-0.2, 0) is 0 Å². The molecule has 2 rings (SSSR count). The number of hydrogen-bond donors (Lipinski definition) is 2. The van der Waals surface area contributed by atoms with Crippen molar-refractivity contribution < 1.29 is 4.39 Å². The number of anilines is 3. The van der Waals surface area contributed by atoms with Gasteiger partial charge in [0.1, 0.15) is 5.82 Å². The summed E-state index contributed by atoms with van der Waals surface area (Å²) in [5.41, 5.74) is 0.714.